The summed E-state index contributed by atoms with van der Waals surface area (Å²) in [5.41, 5.74) is 1.53. The monoisotopic (exact) mass is 383 g/mol. The molecular weight excluding hydrogens is 350 g/mol. The third-order valence-electron chi connectivity index (χ3n) is 7.21. The molecule has 1 heterocycles. The largest absolute Gasteiger partial charge is 0.477 e. The van der Waals surface area contributed by atoms with Crippen LogP contribution in [0.15, 0.2) is 12.3 Å². The van der Waals surface area contributed by atoms with Gasteiger partial charge in [-0.3, -0.25) is 0 Å². The van der Waals surface area contributed by atoms with Gasteiger partial charge in [0, 0.05) is 17.2 Å². The van der Waals surface area contributed by atoms with E-state index >= 15 is 0 Å². The number of hydrogen-bond acceptors (Lipinski definition) is 4. The second kappa shape index (κ2) is 6.47. The summed E-state index contributed by atoms with van der Waals surface area (Å²) in [6.45, 7) is 6.48. The molecule has 0 spiro atoms. The Morgan fingerprint density at radius 1 is 1.11 bits per heavy atom. The molecule has 4 bridgehead atoms. The minimum Gasteiger partial charge on any atom is -0.477 e. The van der Waals surface area contributed by atoms with Crippen LogP contribution in [-0.2, 0) is 4.74 Å². The highest BCUT2D eigenvalue weighted by Gasteiger charge is 2.51. The second-order valence-corrected chi connectivity index (χ2v) is 11.1. The first-order valence-corrected chi connectivity index (χ1v) is 11.1. The van der Waals surface area contributed by atoms with Gasteiger partial charge in [0.25, 0.3) is 0 Å². The fourth-order valence-electron chi connectivity index (χ4n) is 6.41. The maximum absolute atomic E-state index is 12.5. The SMILES string of the molecule is CC(C)(C)OC(=O)c1cnc(OCC23CC4CC(CC(C4)C2)C3)c(C2CC2)c1. The van der Waals surface area contributed by atoms with Gasteiger partial charge in [0.15, 0.2) is 0 Å². The molecule has 0 radical (unpaired) electrons. The van der Waals surface area contributed by atoms with Crippen molar-refractivity contribution in [3.05, 3.63) is 23.4 Å². The summed E-state index contributed by atoms with van der Waals surface area (Å²) < 4.78 is 11.9. The van der Waals surface area contributed by atoms with Crippen molar-refractivity contribution in [3.8, 4) is 5.88 Å². The second-order valence-electron chi connectivity index (χ2n) is 11.1. The fraction of sp³-hybridized carbons (Fsp3) is 0.750. The number of rotatable bonds is 5. The topological polar surface area (TPSA) is 48.4 Å². The summed E-state index contributed by atoms with van der Waals surface area (Å²) in [6, 6.07) is 1.97. The van der Waals surface area contributed by atoms with Gasteiger partial charge in [0.05, 0.1) is 12.2 Å². The van der Waals surface area contributed by atoms with Gasteiger partial charge >= 0.3 is 5.97 Å². The van der Waals surface area contributed by atoms with Gasteiger partial charge in [-0.1, -0.05) is 0 Å². The van der Waals surface area contributed by atoms with Gasteiger partial charge in [-0.2, -0.15) is 0 Å². The summed E-state index contributed by atoms with van der Waals surface area (Å²) in [5, 5.41) is 0. The van der Waals surface area contributed by atoms with Crippen LogP contribution in [0.2, 0.25) is 0 Å². The average molecular weight is 384 g/mol. The molecule has 0 N–H and O–H groups in total. The first-order chi connectivity index (χ1) is 13.3. The lowest BCUT2D eigenvalue weighted by atomic mass is 9.50. The van der Waals surface area contributed by atoms with Crippen LogP contribution in [0.1, 0.15) is 94.0 Å². The molecule has 6 rings (SSSR count). The molecule has 0 aliphatic heterocycles. The Labute approximate surface area is 168 Å². The molecule has 152 valence electrons. The predicted octanol–water partition coefficient (Wildman–Crippen LogP) is 5.51. The molecule has 4 nitrogen and oxygen atoms in total. The van der Waals surface area contributed by atoms with E-state index in [0.29, 0.717) is 16.9 Å². The third-order valence-corrected chi connectivity index (χ3v) is 7.21. The van der Waals surface area contributed by atoms with Crippen molar-refractivity contribution in [3.63, 3.8) is 0 Å². The Bertz CT molecular complexity index is 739. The Morgan fingerprint density at radius 2 is 1.71 bits per heavy atom. The molecule has 5 aliphatic carbocycles. The van der Waals surface area contributed by atoms with E-state index < -0.39 is 5.60 Å². The molecule has 5 saturated carbocycles. The highest BCUT2D eigenvalue weighted by atomic mass is 16.6. The zero-order valence-electron chi connectivity index (χ0n) is 17.5. The van der Waals surface area contributed by atoms with Crippen LogP contribution in [-0.4, -0.2) is 23.2 Å². The van der Waals surface area contributed by atoms with E-state index in [1.54, 1.807) is 6.20 Å². The molecule has 5 fully saturated rings. The molecule has 0 unspecified atom stereocenters. The number of carbonyl (C=O) groups excluding carboxylic acids is 1. The standard InChI is InChI=1S/C24H33NO3/c1-23(2,3)28-22(26)19-9-20(18-4-5-18)21(25-13-19)27-14-24-10-15-6-16(11-24)8-17(7-15)12-24/h9,13,15-18H,4-8,10-12,14H2,1-3H3. The number of nitrogens with zero attached hydrogens (tertiary/aromatic N) is 1. The number of pyridine rings is 1. The highest BCUT2D eigenvalue weighted by Crippen LogP contribution is 2.60. The summed E-state index contributed by atoms with van der Waals surface area (Å²) in [5.74, 6) is 3.74. The number of carbonyl (C=O) groups is 1. The van der Waals surface area contributed by atoms with Crippen molar-refractivity contribution in [2.45, 2.75) is 83.7 Å². The molecular formula is C24H33NO3. The highest BCUT2D eigenvalue weighted by molar-refractivity contribution is 5.89. The Hall–Kier alpha value is -1.58. The maximum Gasteiger partial charge on any atom is 0.340 e. The quantitative estimate of drug-likeness (QED) is 0.629. The maximum atomic E-state index is 12.5. The van der Waals surface area contributed by atoms with Gasteiger partial charge in [0.2, 0.25) is 5.88 Å². The zero-order chi connectivity index (χ0) is 19.5. The van der Waals surface area contributed by atoms with E-state index in [1.807, 2.05) is 26.8 Å². The Balaban J connectivity index is 1.32. The first-order valence-electron chi connectivity index (χ1n) is 11.1. The molecule has 1 aromatic heterocycles. The molecule has 5 aliphatic rings. The lowest BCUT2D eigenvalue weighted by Gasteiger charge is -2.56. The van der Waals surface area contributed by atoms with E-state index in [9.17, 15) is 4.79 Å². The van der Waals surface area contributed by atoms with Crippen molar-refractivity contribution >= 4 is 5.97 Å². The van der Waals surface area contributed by atoms with Crippen molar-refractivity contribution in [2.75, 3.05) is 6.61 Å². The van der Waals surface area contributed by atoms with Gasteiger partial charge in [-0.05, 0) is 102 Å². The lowest BCUT2D eigenvalue weighted by Crippen LogP contribution is -2.48. The van der Waals surface area contributed by atoms with E-state index in [1.165, 1.54) is 38.5 Å². The van der Waals surface area contributed by atoms with Crippen LogP contribution >= 0.6 is 0 Å². The van der Waals surface area contributed by atoms with Crippen molar-refractivity contribution in [1.82, 2.24) is 4.98 Å². The summed E-state index contributed by atoms with van der Waals surface area (Å²) in [6.07, 6.45) is 12.3. The van der Waals surface area contributed by atoms with Crippen molar-refractivity contribution in [1.29, 1.82) is 0 Å². The van der Waals surface area contributed by atoms with E-state index in [2.05, 4.69) is 4.98 Å². The Kier molecular flexibility index (Phi) is 4.26. The van der Waals surface area contributed by atoms with Gasteiger partial charge < -0.3 is 9.47 Å². The Morgan fingerprint density at radius 3 is 2.25 bits per heavy atom. The van der Waals surface area contributed by atoms with Crippen molar-refractivity contribution < 1.29 is 14.3 Å². The average Bonchev–Trinajstić information content (AvgIpc) is 3.42. The lowest BCUT2D eigenvalue weighted by molar-refractivity contribution is -0.0753. The molecule has 0 amide bonds. The minimum absolute atomic E-state index is 0.297. The summed E-state index contributed by atoms with van der Waals surface area (Å²) in [7, 11) is 0. The van der Waals surface area contributed by atoms with Crippen LogP contribution in [0.25, 0.3) is 0 Å². The molecule has 4 heteroatoms. The third kappa shape index (κ3) is 3.67. The zero-order valence-corrected chi connectivity index (χ0v) is 17.5. The summed E-state index contributed by atoms with van der Waals surface area (Å²) in [4.78, 5) is 17.0. The van der Waals surface area contributed by atoms with E-state index in [4.69, 9.17) is 9.47 Å². The van der Waals surface area contributed by atoms with Crippen molar-refractivity contribution in [2.24, 2.45) is 23.2 Å². The molecule has 0 atom stereocenters. The molecule has 1 aromatic rings. The van der Waals surface area contributed by atoms with Gasteiger partial charge in [-0.25, -0.2) is 9.78 Å². The van der Waals surface area contributed by atoms with Gasteiger partial charge in [-0.15, -0.1) is 0 Å². The fourth-order valence-corrected chi connectivity index (χ4v) is 6.41. The van der Waals surface area contributed by atoms with Crippen LogP contribution in [0.4, 0.5) is 0 Å². The van der Waals surface area contributed by atoms with Crippen LogP contribution in [0.3, 0.4) is 0 Å². The number of ether oxygens (including phenoxy) is 2. The molecule has 28 heavy (non-hydrogen) atoms. The minimum atomic E-state index is -0.496. The normalized spacial score (nSPS) is 33.8. The summed E-state index contributed by atoms with van der Waals surface area (Å²) >= 11 is 0. The molecule has 0 aromatic carbocycles. The van der Waals surface area contributed by atoms with E-state index in [0.717, 1.165) is 48.6 Å². The predicted molar refractivity (Wildman–Crippen MR) is 107 cm³/mol. The first kappa shape index (κ1) is 18.4. The number of aromatic nitrogens is 1. The van der Waals surface area contributed by atoms with Crippen LogP contribution in [0, 0.1) is 23.2 Å². The number of hydrogen-bond donors (Lipinski definition) is 0. The number of esters is 1. The smallest absolute Gasteiger partial charge is 0.340 e. The van der Waals surface area contributed by atoms with Crippen LogP contribution in [0.5, 0.6) is 5.88 Å². The van der Waals surface area contributed by atoms with Crippen LogP contribution < -0.4 is 4.74 Å². The molecule has 0 saturated heterocycles. The van der Waals surface area contributed by atoms with E-state index in [-0.39, 0.29) is 5.97 Å². The van der Waals surface area contributed by atoms with Gasteiger partial charge in [0.1, 0.15) is 5.60 Å².